The van der Waals surface area contributed by atoms with E-state index < -0.39 is 0 Å². The molecule has 0 amide bonds. The van der Waals surface area contributed by atoms with Crippen LogP contribution >= 0.6 is 15.9 Å². The third-order valence-electron chi connectivity index (χ3n) is 2.33. The van der Waals surface area contributed by atoms with Crippen LogP contribution in [-0.2, 0) is 0 Å². The topological polar surface area (TPSA) is 38.0 Å². The highest BCUT2D eigenvalue weighted by atomic mass is 79.9. The Labute approximate surface area is 99.7 Å². The van der Waals surface area contributed by atoms with E-state index >= 15 is 0 Å². The molecule has 3 heteroatoms. The maximum atomic E-state index is 5.55. The predicted octanol–water partition coefficient (Wildman–Crippen LogP) is 3.23. The minimum Gasteiger partial charge on any atom is -0.271 e. The summed E-state index contributed by atoms with van der Waals surface area (Å²) in [5, 5.41) is 0. The van der Waals surface area contributed by atoms with Crippen molar-refractivity contribution >= 4 is 15.9 Å². The standard InChI is InChI=1S/C12H17BrN2/c1-3-4-5-12(15-14)10-6-9(2)7-11(13)8-10/h3,6-8,12,15H,1,4-5,14H2,2H3. The quantitative estimate of drug-likeness (QED) is 0.489. The van der Waals surface area contributed by atoms with Crippen LogP contribution in [0, 0.1) is 6.92 Å². The minimum absolute atomic E-state index is 0.194. The van der Waals surface area contributed by atoms with Crippen LogP contribution in [0.25, 0.3) is 0 Å². The van der Waals surface area contributed by atoms with Gasteiger partial charge in [-0.2, -0.15) is 0 Å². The lowest BCUT2D eigenvalue weighted by Crippen LogP contribution is -2.27. The number of rotatable bonds is 5. The number of hydrogen-bond acceptors (Lipinski definition) is 2. The molecule has 1 aromatic carbocycles. The van der Waals surface area contributed by atoms with E-state index in [0.717, 1.165) is 17.3 Å². The number of allylic oxidation sites excluding steroid dienone is 1. The van der Waals surface area contributed by atoms with Crippen LogP contribution in [-0.4, -0.2) is 0 Å². The molecule has 0 aliphatic rings. The Balaban J connectivity index is 2.85. The molecule has 1 aromatic rings. The van der Waals surface area contributed by atoms with Gasteiger partial charge in [-0.1, -0.05) is 28.1 Å². The summed E-state index contributed by atoms with van der Waals surface area (Å²) >= 11 is 3.49. The second-order valence-electron chi connectivity index (χ2n) is 3.65. The van der Waals surface area contributed by atoms with E-state index in [4.69, 9.17) is 5.84 Å². The van der Waals surface area contributed by atoms with Crippen molar-refractivity contribution < 1.29 is 0 Å². The Morgan fingerprint density at radius 3 is 2.80 bits per heavy atom. The monoisotopic (exact) mass is 268 g/mol. The molecule has 0 saturated carbocycles. The molecule has 0 radical (unpaired) electrons. The number of hydrazine groups is 1. The van der Waals surface area contributed by atoms with E-state index in [9.17, 15) is 0 Å². The number of nitrogens with two attached hydrogens (primary N) is 1. The van der Waals surface area contributed by atoms with Gasteiger partial charge in [0.1, 0.15) is 0 Å². The van der Waals surface area contributed by atoms with E-state index in [1.807, 2.05) is 6.08 Å². The zero-order valence-electron chi connectivity index (χ0n) is 8.96. The smallest absolute Gasteiger partial charge is 0.0463 e. The lowest BCUT2D eigenvalue weighted by atomic mass is 10.0. The Morgan fingerprint density at radius 1 is 1.53 bits per heavy atom. The highest BCUT2D eigenvalue weighted by Crippen LogP contribution is 2.23. The fourth-order valence-corrected chi connectivity index (χ4v) is 2.22. The van der Waals surface area contributed by atoms with Crippen molar-refractivity contribution in [3.05, 3.63) is 46.5 Å². The third kappa shape index (κ3) is 3.78. The first-order valence-corrected chi connectivity index (χ1v) is 5.80. The fraction of sp³-hybridized carbons (Fsp3) is 0.333. The van der Waals surface area contributed by atoms with Crippen molar-refractivity contribution in [3.8, 4) is 0 Å². The first-order chi connectivity index (χ1) is 7.17. The van der Waals surface area contributed by atoms with Gasteiger partial charge in [0.25, 0.3) is 0 Å². The molecular weight excluding hydrogens is 252 g/mol. The Morgan fingerprint density at radius 2 is 2.27 bits per heavy atom. The minimum atomic E-state index is 0.194. The van der Waals surface area contributed by atoms with Crippen molar-refractivity contribution in [1.82, 2.24) is 5.43 Å². The average Bonchev–Trinajstić information content (AvgIpc) is 2.17. The van der Waals surface area contributed by atoms with Crippen molar-refractivity contribution in [2.45, 2.75) is 25.8 Å². The SMILES string of the molecule is C=CCCC(NN)c1cc(C)cc(Br)c1. The van der Waals surface area contributed by atoms with Gasteiger partial charge in [0.05, 0.1) is 0 Å². The van der Waals surface area contributed by atoms with Crippen LogP contribution in [0.15, 0.2) is 35.3 Å². The number of halogens is 1. The summed E-state index contributed by atoms with van der Waals surface area (Å²) < 4.78 is 1.09. The van der Waals surface area contributed by atoms with E-state index in [2.05, 4.69) is 53.1 Å². The van der Waals surface area contributed by atoms with Crippen molar-refractivity contribution in [2.75, 3.05) is 0 Å². The largest absolute Gasteiger partial charge is 0.271 e. The van der Waals surface area contributed by atoms with Gasteiger partial charge in [-0.05, 0) is 43.0 Å². The van der Waals surface area contributed by atoms with Crippen LogP contribution in [0.2, 0.25) is 0 Å². The number of nitrogens with one attached hydrogen (secondary N) is 1. The highest BCUT2D eigenvalue weighted by molar-refractivity contribution is 9.10. The summed E-state index contributed by atoms with van der Waals surface area (Å²) in [6.07, 6.45) is 3.84. The van der Waals surface area contributed by atoms with Crippen LogP contribution < -0.4 is 11.3 Å². The zero-order chi connectivity index (χ0) is 11.3. The molecule has 2 nitrogen and oxygen atoms in total. The first-order valence-electron chi connectivity index (χ1n) is 5.01. The molecule has 0 heterocycles. The van der Waals surface area contributed by atoms with E-state index in [-0.39, 0.29) is 6.04 Å². The molecule has 0 aliphatic heterocycles. The van der Waals surface area contributed by atoms with Gasteiger partial charge < -0.3 is 0 Å². The summed E-state index contributed by atoms with van der Waals surface area (Å²) in [5.41, 5.74) is 5.29. The van der Waals surface area contributed by atoms with Crippen LogP contribution in [0.3, 0.4) is 0 Å². The Bertz CT molecular complexity index is 316. The lowest BCUT2D eigenvalue weighted by Gasteiger charge is -2.16. The third-order valence-corrected chi connectivity index (χ3v) is 2.79. The molecule has 0 spiro atoms. The summed E-state index contributed by atoms with van der Waals surface area (Å²) in [6, 6.07) is 6.53. The first kappa shape index (κ1) is 12.4. The summed E-state index contributed by atoms with van der Waals surface area (Å²) in [6.45, 7) is 5.80. The highest BCUT2D eigenvalue weighted by Gasteiger charge is 2.09. The zero-order valence-corrected chi connectivity index (χ0v) is 10.5. The van der Waals surface area contributed by atoms with Crippen molar-refractivity contribution in [1.29, 1.82) is 0 Å². The molecule has 0 bridgehead atoms. The maximum absolute atomic E-state index is 5.55. The van der Waals surface area contributed by atoms with Crippen molar-refractivity contribution in [2.24, 2.45) is 5.84 Å². The normalized spacial score (nSPS) is 12.5. The molecule has 0 fully saturated rings. The van der Waals surface area contributed by atoms with Gasteiger partial charge in [-0.3, -0.25) is 11.3 Å². The molecule has 0 saturated heterocycles. The molecule has 1 atom stereocenters. The fourth-order valence-electron chi connectivity index (χ4n) is 1.60. The molecule has 3 N–H and O–H groups in total. The van der Waals surface area contributed by atoms with Gasteiger partial charge in [0, 0.05) is 10.5 Å². The van der Waals surface area contributed by atoms with Crippen LogP contribution in [0.4, 0.5) is 0 Å². The summed E-state index contributed by atoms with van der Waals surface area (Å²) in [4.78, 5) is 0. The van der Waals surface area contributed by atoms with E-state index in [1.165, 1.54) is 11.1 Å². The van der Waals surface area contributed by atoms with Crippen LogP contribution in [0.1, 0.15) is 30.0 Å². The van der Waals surface area contributed by atoms with Gasteiger partial charge in [0.2, 0.25) is 0 Å². The van der Waals surface area contributed by atoms with Gasteiger partial charge in [-0.15, -0.1) is 6.58 Å². The Kier molecular flexibility index (Phi) is 5.02. The number of benzene rings is 1. The van der Waals surface area contributed by atoms with Crippen molar-refractivity contribution in [3.63, 3.8) is 0 Å². The average molecular weight is 269 g/mol. The van der Waals surface area contributed by atoms with E-state index in [1.54, 1.807) is 0 Å². The second kappa shape index (κ2) is 6.05. The molecular formula is C12H17BrN2. The van der Waals surface area contributed by atoms with Crippen LogP contribution in [0.5, 0.6) is 0 Å². The maximum Gasteiger partial charge on any atom is 0.0463 e. The molecule has 0 aromatic heterocycles. The second-order valence-corrected chi connectivity index (χ2v) is 4.56. The summed E-state index contributed by atoms with van der Waals surface area (Å²) in [5.74, 6) is 5.55. The lowest BCUT2D eigenvalue weighted by molar-refractivity contribution is 0.520. The summed E-state index contributed by atoms with van der Waals surface area (Å²) in [7, 11) is 0. The molecule has 1 unspecified atom stereocenters. The number of hydrogen-bond donors (Lipinski definition) is 2. The van der Waals surface area contributed by atoms with Gasteiger partial charge in [-0.25, -0.2) is 0 Å². The Hall–Kier alpha value is -0.640. The predicted molar refractivity (Wildman–Crippen MR) is 68.4 cm³/mol. The number of aryl methyl sites for hydroxylation is 1. The molecule has 82 valence electrons. The molecule has 15 heavy (non-hydrogen) atoms. The van der Waals surface area contributed by atoms with Gasteiger partial charge >= 0.3 is 0 Å². The van der Waals surface area contributed by atoms with E-state index in [0.29, 0.717) is 0 Å². The molecule has 0 aliphatic carbocycles. The van der Waals surface area contributed by atoms with Gasteiger partial charge in [0.15, 0.2) is 0 Å². The molecule has 1 rings (SSSR count).